The summed E-state index contributed by atoms with van der Waals surface area (Å²) in [5, 5.41) is 19.3. The molecule has 0 saturated heterocycles. The van der Waals surface area contributed by atoms with Gasteiger partial charge in [0.2, 0.25) is 0 Å². The van der Waals surface area contributed by atoms with Crippen molar-refractivity contribution in [2.75, 3.05) is 14.2 Å². The number of halogens is 2. The van der Waals surface area contributed by atoms with Crippen molar-refractivity contribution in [3.8, 4) is 23.0 Å². The zero-order chi connectivity index (χ0) is 21.1. The predicted molar refractivity (Wildman–Crippen MR) is 104 cm³/mol. The summed E-state index contributed by atoms with van der Waals surface area (Å²) in [7, 11) is 2.48. The number of hydrogen-bond acceptors (Lipinski definition) is 5. The highest BCUT2D eigenvalue weighted by Gasteiger charge is 2.23. The summed E-state index contributed by atoms with van der Waals surface area (Å²) in [5.41, 5.74) is 0.976. The van der Waals surface area contributed by atoms with E-state index in [1.165, 1.54) is 50.6 Å². The zero-order valence-electron chi connectivity index (χ0n) is 16.0. The van der Waals surface area contributed by atoms with Gasteiger partial charge >= 0.3 is 0 Å². The Morgan fingerprint density at radius 2 is 1.24 bits per heavy atom. The highest BCUT2D eigenvalue weighted by Crippen LogP contribution is 2.36. The van der Waals surface area contributed by atoms with Gasteiger partial charge in [-0.05, 0) is 55.7 Å². The molecule has 0 aromatic heterocycles. The van der Waals surface area contributed by atoms with Gasteiger partial charge in [0.25, 0.3) is 0 Å². The lowest BCUT2D eigenvalue weighted by Crippen LogP contribution is -2.12. The van der Waals surface area contributed by atoms with Gasteiger partial charge < -0.3 is 19.7 Å². The maximum Gasteiger partial charge on any atom is 0.197 e. The molecule has 0 aliphatic heterocycles. The van der Waals surface area contributed by atoms with Gasteiger partial charge in [0.05, 0.1) is 14.2 Å². The number of carbonyl (C=O) groups is 1. The lowest BCUT2D eigenvalue weighted by molar-refractivity contribution is -0.112. The molecule has 1 fully saturated rings. The van der Waals surface area contributed by atoms with Gasteiger partial charge in [0.15, 0.2) is 40.4 Å². The number of Topliss-reactive ketones (excluding diaryl/α,β-unsaturated/α-hetero) is 1. The summed E-state index contributed by atoms with van der Waals surface area (Å²) in [6.45, 7) is 0. The van der Waals surface area contributed by atoms with Crippen LogP contribution in [0.4, 0.5) is 8.78 Å². The number of phenolic OH excluding ortho intramolecular Hbond substituents is 2. The highest BCUT2D eigenvalue weighted by atomic mass is 19.1. The first kappa shape index (κ1) is 20.4. The largest absolute Gasteiger partial charge is 0.504 e. The maximum absolute atomic E-state index is 14.5. The first-order valence-electron chi connectivity index (χ1n) is 8.94. The van der Waals surface area contributed by atoms with Crippen LogP contribution in [0, 0.1) is 11.6 Å². The average Bonchev–Trinajstić information content (AvgIpc) is 2.70. The highest BCUT2D eigenvalue weighted by molar-refractivity contribution is 6.14. The third-order valence-corrected chi connectivity index (χ3v) is 4.76. The molecular weight excluding hydrogens is 382 g/mol. The molecule has 2 N–H and O–H groups in total. The lowest BCUT2D eigenvalue weighted by Gasteiger charge is -2.17. The van der Waals surface area contributed by atoms with Crippen LogP contribution in [0.5, 0.6) is 23.0 Å². The second kappa shape index (κ2) is 8.34. The van der Waals surface area contributed by atoms with Crippen LogP contribution in [0.1, 0.15) is 30.4 Å². The van der Waals surface area contributed by atoms with E-state index in [9.17, 15) is 23.8 Å². The van der Waals surface area contributed by atoms with Crippen molar-refractivity contribution >= 4 is 17.9 Å². The Morgan fingerprint density at radius 1 is 0.828 bits per heavy atom. The van der Waals surface area contributed by atoms with Gasteiger partial charge in [0.1, 0.15) is 0 Å². The van der Waals surface area contributed by atoms with Crippen molar-refractivity contribution in [2.45, 2.75) is 19.3 Å². The Hall–Kier alpha value is -3.35. The van der Waals surface area contributed by atoms with Crippen molar-refractivity contribution in [1.29, 1.82) is 0 Å². The summed E-state index contributed by atoms with van der Waals surface area (Å²) < 4.78 is 38.7. The number of hydrogen-bond donors (Lipinski definition) is 2. The lowest BCUT2D eigenvalue weighted by atomic mass is 9.86. The Balaban J connectivity index is 1.98. The normalized spacial score (nSPS) is 17.0. The van der Waals surface area contributed by atoms with Gasteiger partial charge in [0, 0.05) is 22.3 Å². The number of phenols is 2. The smallest absolute Gasteiger partial charge is 0.197 e. The molecule has 1 saturated carbocycles. The van der Waals surface area contributed by atoms with Crippen LogP contribution < -0.4 is 9.47 Å². The molecule has 2 aromatic carbocycles. The number of ketones is 1. The topological polar surface area (TPSA) is 76.0 Å². The van der Waals surface area contributed by atoms with Crippen LogP contribution >= 0.6 is 0 Å². The average molecular weight is 402 g/mol. The first-order valence-corrected chi connectivity index (χ1v) is 8.94. The number of benzene rings is 2. The van der Waals surface area contributed by atoms with Crippen molar-refractivity contribution in [2.24, 2.45) is 0 Å². The molecule has 1 aliphatic rings. The summed E-state index contributed by atoms with van der Waals surface area (Å²) in [6, 6.07) is 5.29. The molecule has 0 unspecified atom stereocenters. The fourth-order valence-corrected chi connectivity index (χ4v) is 3.29. The Kier molecular flexibility index (Phi) is 5.87. The molecule has 0 radical (unpaired) electrons. The van der Waals surface area contributed by atoms with Crippen LogP contribution in [-0.4, -0.2) is 30.2 Å². The second-order valence-electron chi connectivity index (χ2n) is 6.56. The van der Waals surface area contributed by atoms with Crippen LogP contribution in [0.15, 0.2) is 35.4 Å². The number of rotatable bonds is 4. The Bertz CT molecular complexity index is 945. The number of ether oxygens (including phenoxy) is 2. The van der Waals surface area contributed by atoms with E-state index in [0.29, 0.717) is 30.4 Å². The molecule has 5 nitrogen and oxygen atoms in total. The van der Waals surface area contributed by atoms with E-state index in [0.717, 1.165) is 0 Å². The van der Waals surface area contributed by atoms with Gasteiger partial charge in [-0.15, -0.1) is 0 Å². The molecule has 1 aliphatic carbocycles. The minimum Gasteiger partial charge on any atom is -0.504 e. The van der Waals surface area contributed by atoms with Crippen LogP contribution in [0.2, 0.25) is 0 Å². The minimum absolute atomic E-state index is 0.113. The molecule has 2 aromatic rings. The molecule has 0 spiro atoms. The van der Waals surface area contributed by atoms with Crippen LogP contribution in [-0.2, 0) is 4.79 Å². The molecule has 3 rings (SSSR count). The number of allylic oxidation sites excluding steroid dienone is 2. The van der Waals surface area contributed by atoms with E-state index in [-0.39, 0.29) is 39.9 Å². The van der Waals surface area contributed by atoms with Crippen molar-refractivity contribution < 1.29 is 33.3 Å². The van der Waals surface area contributed by atoms with Gasteiger partial charge in [-0.1, -0.05) is 0 Å². The predicted octanol–water partition coefficient (Wildman–Crippen LogP) is 4.61. The van der Waals surface area contributed by atoms with Crippen molar-refractivity contribution in [3.05, 3.63) is 58.2 Å². The quantitative estimate of drug-likeness (QED) is 0.731. The van der Waals surface area contributed by atoms with Gasteiger partial charge in [-0.2, -0.15) is 0 Å². The second-order valence-corrected chi connectivity index (χ2v) is 6.56. The Labute approximate surface area is 166 Å². The Morgan fingerprint density at radius 3 is 1.62 bits per heavy atom. The molecule has 0 bridgehead atoms. The van der Waals surface area contributed by atoms with Crippen molar-refractivity contribution in [3.63, 3.8) is 0 Å². The number of methoxy groups -OCH3 is 2. The first-order chi connectivity index (χ1) is 13.9. The molecular formula is C22H20F2O5. The zero-order valence-corrected chi connectivity index (χ0v) is 16.0. The summed E-state index contributed by atoms with van der Waals surface area (Å²) >= 11 is 0. The van der Waals surface area contributed by atoms with E-state index in [2.05, 4.69) is 0 Å². The van der Waals surface area contributed by atoms with E-state index in [4.69, 9.17) is 9.47 Å². The molecule has 152 valence electrons. The fourth-order valence-electron chi connectivity index (χ4n) is 3.29. The minimum atomic E-state index is -0.766. The SMILES string of the molecule is COc1c(O)ccc(/C=C2\CCC/C(=C\c3ccc(O)c(OC)c3F)C2=O)c1F. The standard InChI is InChI=1S/C22H20F2O5/c1-28-21-16(25)8-6-12(18(21)23)10-14-4-3-5-15(20(14)27)11-13-7-9-17(26)22(29-2)19(13)24/h6-11,25-26H,3-5H2,1-2H3/b14-10+,15-11+. The van der Waals surface area contributed by atoms with Crippen LogP contribution in [0.3, 0.4) is 0 Å². The fraction of sp³-hybridized carbons (Fsp3) is 0.227. The summed E-state index contributed by atoms with van der Waals surface area (Å²) in [5.74, 6) is -3.10. The summed E-state index contributed by atoms with van der Waals surface area (Å²) in [6.07, 6.45) is 4.36. The number of carbonyl (C=O) groups excluding carboxylic acids is 1. The molecule has 0 atom stereocenters. The molecule has 0 amide bonds. The van der Waals surface area contributed by atoms with Gasteiger partial charge in [-0.3, -0.25) is 4.79 Å². The number of aromatic hydroxyl groups is 2. The van der Waals surface area contributed by atoms with Crippen molar-refractivity contribution in [1.82, 2.24) is 0 Å². The van der Waals surface area contributed by atoms with E-state index in [1.54, 1.807) is 0 Å². The molecule has 0 heterocycles. The van der Waals surface area contributed by atoms with E-state index < -0.39 is 11.6 Å². The third kappa shape index (κ3) is 3.94. The van der Waals surface area contributed by atoms with Crippen LogP contribution in [0.25, 0.3) is 12.2 Å². The molecule has 29 heavy (non-hydrogen) atoms. The van der Waals surface area contributed by atoms with Gasteiger partial charge in [-0.25, -0.2) is 8.78 Å². The summed E-state index contributed by atoms with van der Waals surface area (Å²) in [4.78, 5) is 12.9. The monoisotopic (exact) mass is 402 g/mol. The van der Waals surface area contributed by atoms with E-state index in [1.807, 2.05) is 0 Å². The maximum atomic E-state index is 14.5. The molecule has 7 heteroatoms. The third-order valence-electron chi connectivity index (χ3n) is 4.76. The van der Waals surface area contributed by atoms with E-state index >= 15 is 0 Å².